The lowest BCUT2D eigenvalue weighted by Gasteiger charge is -2.64. The first-order chi connectivity index (χ1) is 45.8. The minimum absolute atomic E-state index is 0.0442. The summed E-state index contributed by atoms with van der Waals surface area (Å²) < 4.78 is 35.5. The lowest BCUT2D eigenvalue weighted by atomic mass is 9.38. The van der Waals surface area contributed by atoms with Crippen molar-refractivity contribution in [2.24, 2.45) is 22.2 Å². The normalized spacial score (nSPS) is 27.0. The van der Waals surface area contributed by atoms with E-state index in [0.717, 1.165) is 73.0 Å². The van der Waals surface area contributed by atoms with Crippen LogP contribution in [0.3, 0.4) is 0 Å². The minimum atomic E-state index is -1.80. The fourth-order valence-electron chi connectivity index (χ4n) is 25.3. The van der Waals surface area contributed by atoms with E-state index in [1.807, 2.05) is 141 Å². The Labute approximate surface area is 529 Å². The Morgan fingerprint density at radius 2 is 0.978 bits per heavy atom. The molecule has 4 heterocycles. The molecule has 93 heavy (non-hydrogen) atoms. The number of hydrogen-bond acceptors (Lipinski definition) is 8. The number of aromatic nitrogens is 4. The van der Waals surface area contributed by atoms with Gasteiger partial charge >= 0.3 is 23.9 Å². The number of rotatable bonds is 16. The molecule has 4 fully saturated rings. The molecule has 0 N–H and O–H groups in total. The van der Waals surface area contributed by atoms with Crippen molar-refractivity contribution in [2.75, 3.05) is 26.4 Å². The van der Waals surface area contributed by atoms with E-state index in [1.54, 1.807) is 0 Å². The summed E-state index contributed by atoms with van der Waals surface area (Å²) in [5.41, 5.74) is 3.22. The zero-order valence-corrected chi connectivity index (χ0v) is 50.4. The number of carbonyl (C=O) groups is 4. The van der Waals surface area contributed by atoms with Crippen LogP contribution in [0.15, 0.2) is 164 Å². The lowest BCUT2D eigenvalue weighted by Crippen LogP contribution is -2.62. The number of allylic oxidation sites excluding steroid dienone is 2. The quantitative estimate of drug-likeness (QED) is 0.0234. The number of ether oxygens (including phenoxy) is 4. The Kier molecular flexibility index (Phi) is 7.74. The van der Waals surface area contributed by atoms with E-state index in [1.165, 1.54) is 92.5 Å². The lowest BCUT2D eigenvalue weighted by molar-refractivity contribution is -0.698. The Hall–Kier alpha value is -10.2. The largest absolute Gasteiger partial charge is 0.458 e. The molecule has 10 aromatic carbocycles. The molecule has 4 spiro atoms. The van der Waals surface area contributed by atoms with Gasteiger partial charge in [-0.15, -0.1) is 0 Å². The van der Waals surface area contributed by atoms with E-state index in [-0.39, 0.29) is 38.3 Å². The Morgan fingerprint density at radius 3 is 1.59 bits per heavy atom. The third kappa shape index (κ3) is 4.28. The first kappa shape index (κ1) is 48.6. The summed E-state index contributed by atoms with van der Waals surface area (Å²) >= 11 is 0. The van der Waals surface area contributed by atoms with Crippen LogP contribution in [0.4, 0.5) is 0 Å². The van der Waals surface area contributed by atoms with Crippen molar-refractivity contribution in [3.8, 4) is 0 Å². The SMILES string of the molecule is O=C(OCC[n+]1ccccc1)C1(C(=O)OCC[n+]2ccccc2)C23CCc4cc5cc6c7c8c9c%10c%11c%12c%13c(cc%14ccc2c2c%15c%16c%17c(c4C%1613)c5c7c9c%17c%11c%15c%13c%142)C=C1CC2CC8(C=C6)C23C(C(=O)OCC[n+]2ccccc2)(C(=O)OCC[n+]2ccccc2)C%103C1%12. The second-order valence-corrected chi connectivity index (χ2v) is 29.3. The van der Waals surface area contributed by atoms with Gasteiger partial charge in [0, 0.05) is 76.1 Å². The smallest absolute Gasteiger partial charge is 0.326 e. The van der Waals surface area contributed by atoms with Crippen LogP contribution in [0.1, 0.15) is 75.3 Å². The molecule has 12 heteroatoms. The molecule has 12 nitrogen and oxygen atoms in total. The molecular formula is C81H54N4O8+4. The second-order valence-electron chi connectivity index (χ2n) is 29.3. The first-order valence-corrected chi connectivity index (χ1v) is 33.5. The van der Waals surface area contributed by atoms with Crippen LogP contribution < -0.4 is 18.3 Å². The van der Waals surface area contributed by atoms with Crippen LogP contribution in [0.25, 0.3) is 109 Å². The average Bonchev–Trinajstić information content (AvgIpc) is 1.36. The van der Waals surface area contributed by atoms with E-state index >= 15 is 19.2 Å². The second kappa shape index (κ2) is 14.8. The molecule has 11 aliphatic rings. The van der Waals surface area contributed by atoms with Gasteiger partial charge in [0.1, 0.15) is 0 Å². The standard InChI is InChI=1S/C81H54N4O8/c86-71(90-31-27-82-19-5-1-6-20-82)79(72(87)91-32-28-83-21-7-2-8-22-83)76-18-16-43-37-44-36-42-15-17-75-40-47-39-46-38-45-35-41-13-14-48(76)53-49(41)54-50(45)61-64-57-56(54)62(53)69-63-58(57)59-55(51(44)60(63)66(43)77(69,76)79)52(42)68(75)65(59)70(64)78(67(46)61)80(81(47,75)78,73(88)92-33-29-84-23-9-3-10-24-84)74(89)93-34-30-85-25-11-4-12-26-85/h1-15,17,19-26,35-38,47,67H,16,18,27-34,39-40H2/q+4. The van der Waals surface area contributed by atoms with Crippen LogP contribution in [-0.4, -0.2) is 50.3 Å². The summed E-state index contributed by atoms with van der Waals surface area (Å²) in [6, 6.07) is 35.6. The highest BCUT2D eigenvalue weighted by Gasteiger charge is 3.08. The molecule has 0 radical (unpaired) electrons. The van der Waals surface area contributed by atoms with Crippen molar-refractivity contribution in [1.82, 2.24) is 0 Å². The molecule has 0 bridgehead atoms. The number of benzene rings is 8. The van der Waals surface area contributed by atoms with E-state index < -0.39 is 61.8 Å². The zero-order chi connectivity index (χ0) is 60.6. The number of hydrogen-bond donors (Lipinski definition) is 0. The van der Waals surface area contributed by atoms with Gasteiger partial charge in [-0.3, -0.25) is 19.2 Å². The van der Waals surface area contributed by atoms with Gasteiger partial charge in [-0.05, 0) is 191 Å². The summed E-state index contributed by atoms with van der Waals surface area (Å²) in [7, 11) is 0. The third-order valence-corrected chi connectivity index (χ3v) is 27.0. The minimum Gasteiger partial charge on any atom is -0.458 e. The molecule has 7 unspecified atom stereocenters. The van der Waals surface area contributed by atoms with Crippen LogP contribution in [-0.2, 0) is 92.4 Å². The number of pyridine rings is 4. The van der Waals surface area contributed by atoms with Crippen molar-refractivity contribution in [3.05, 3.63) is 214 Å². The van der Waals surface area contributed by atoms with Crippen molar-refractivity contribution in [3.63, 3.8) is 0 Å². The predicted molar refractivity (Wildman–Crippen MR) is 344 cm³/mol. The van der Waals surface area contributed by atoms with Gasteiger partial charge in [-0.1, -0.05) is 66.3 Å². The van der Waals surface area contributed by atoms with Crippen LogP contribution in [0.2, 0.25) is 0 Å². The Balaban J connectivity index is 0.824. The molecular weight excluding hydrogens is 1160 g/mol. The van der Waals surface area contributed by atoms with Crippen molar-refractivity contribution < 1.29 is 56.4 Å². The van der Waals surface area contributed by atoms with Crippen molar-refractivity contribution in [2.45, 2.75) is 79.4 Å². The summed E-state index contributed by atoms with van der Waals surface area (Å²) in [6.07, 6.45) is 25.9. The molecule has 4 aromatic heterocycles. The third-order valence-electron chi connectivity index (χ3n) is 27.0. The van der Waals surface area contributed by atoms with Gasteiger partial charge < -0.3 is 18.9 Å². The predicted octanol–water partition coefficient (Wildman–Crippen LogP) is 10.6. The zero-order valence-electron chi connectivity index (χ0n) is 50.4. The van der Waals surface area contributed by atoms with Gasteiger partial charge in [0.25, 0.3) is 0 Å². The Morgan fingerprint density at radius 1 is 0.462 bits per heavy atom. The van der Waals surface area contributed by atoms with Crippen molar-refractivity contribution in [1.29, 1.82) is 0 Å². The monoisotopic (exact) mass is 1210 g/mol. The van der Waals surface area contributed by atoms with Crippen LogP contribution in [0.5, 0.6) is 0 Å². The van der Waals surface area contributed by atoms with Crippen LogP contribution >= 0.6 is 0 Å². The van der Waals surface area contributed by atoms with Crippen molar-refractivity contribution >= 4 is 133 Å². The van der Waals surface area contributed by atoms with E-state index in [0.29, 0.717) is 39.0 Å². The molecule has 7 atom stereocenters. The molecule has 442 valence electrons. The van der Waals surface area contributed by atoms with Gasteiger partial charge in [0.2, 0.25) is 0 Å². The average molecular weight is 1210 g/mol. The molecule has 0 amide bonds. The van der Waals surface area contributed by atoms with Gasteiger partial charge in [0.05, 0.1) is 5.41 Å². The van der Waals surface area contributed by atoms with Crippen LogP contribution in [0, 0.1) is 22.2 Å². The molecule has 25 rings (SSSR count). The van der Waals surface area contributed by atoms with E-state index in [9.17, 15) is 0 Å². The number of aryl methyl sites for hydroxylation is 1. The topological polar surface area (TPSA) is 121 Å². The molecule has 14 aromatic rings. The number of esters is 4. The maximum Gasteiger partial charge on any atom is 0.326 e. The maximum absolute atomic E-state index is 17.0. The number of carbonyl (C=O) groups excluding carboxylic acids is 4. The maximum atomic E-state index is 17.0. The first-order valence-electron chi connectivity index (χ1n) is 33.5. The summed E-state index contributed by atoms with van der Waals surface area (Å²) in [5, 5.41) is 21.3. The van der Waals surface area contributed by atoms with Gasteiger partial charge in [-0.25, -0.2) is 18.3 Å². The molecule has 11 aliphatic carbocycles. The summed E-state index contributed by atoms with van der Waals surface area (Å²) in [5.74, 6) is -2.34. The van der Waals surface area contributed by atoms with E-state index in [4.69, 9.17) is 18.9 Å². The van der Waals surface area contributed by atoms with Gasteiger partial charge in [-0.2, -0.15) is 0 Å². The van der Waals surface area contributed by atoms with E-state index in [2.05, 4.69) is 48.6 Å². The van der Waals surface area contributed by atoms with Gasteiger partial charge in [0.15, 0.2) is 113 Å². The number of nitrogens with zero attached hydrogens (tertiary/aromatic N) is 4. The molecule has 0 aliphatic heterocycles. The fourth-order valence-corrected chi connectivity index (χ4v) is 25.3. The molecule has 4 saturated carbocycles. The summed E-state index contributed by atoms with van der Waals surface area (Å²) in [4.78, 5) is 67.6. The summed E-state index contributed by atoms with van der Waals surface area (Å²) in [6.45, 7) is 2.00. The fraction of sp³-hybridized carbons (Fsp3) is 0.259. The highest BCUT2D eigenvalue weighted by Crippen LogP contribution is 3.04. The Bertz CT molecular complexity index is 5970. The highest BCUT2D eigenvalue weighted by molar-refractivity contribution is 6.57. The molecule has 0 saturated heterocycles. The highest BCUT2D eigenvalue weighted by atomic mass is 16.6.